The molecule has 0 radical (unpaired) electrons. The Balaban J connectivity index is 2.45. The maximum atomic E-state index is 6.13. The number of aryl methyl sites for hydroxylation is 1. The molecule has 1 N–H and O–H groups in total. The van der Waals surface area contributed by atoms with E-state index in [1.807, 2.05) is 26.2 Å². The Labute approximate surface area is 99.3 Å². The summed E-state index contributed by atoms with van der Waals surface area (Å²) in [6, 6.07) is 3.96. The average Bonchev–Trinajstić information content (AvgIpc) is 2.63. The molecule has 1 unspecified atom stereocenters. The standard InChI is InChI=1S/C11H13ClN4/c1-13-10(8-3-5-14-6-4-8)11-9(12)7-15-16(11)2/h3-7,10,13H,1-2H3. The fourth-order valence-electron chi connectivity index (χ4n) is 1.76. The maximum absolute atomic E-state index is 6.13. The Kier molecular flexibility index (Phi) is 3.22. The molecule has 2 aromatic rings. The van der Waals surface area contributed by atoms with E-state index >= 15 is 0 Å². The van der Waals surface area contributed by atoms with Crippen molar-refractivity contribution in [3.05, 3.63) is 47.0 Å². The molecule has 2 aromatic heterocycles. The Morgan fingerprint density at radius 2 is 2.06 bits per heavy atom. The largest absolute Gasteiger partial charge is 0.308 e. The van der Waals surface area contributed by atoms with E-state index in [0.29, 0.717) is 5.02 Å². The van der Waals surface area contributed by atoms with Gasteiger partial charge in [0.2, 0.25) is 0 Å². The lowest BCUT2D eigenvalue weighted by Crippen LogP contribution is -2.21. The van der Waals surface area contributed by atoms with Gasteiger partial charge in [0, 0.05) is 19.4 Å². The zero-order valence-electron chi connectivity index (χ0n) is 9.18. The third-order valence-corrected chi connectivity index (χ3v) is 2.83. The second-order valence-corrected chi connectivity index (χ2v) is 3.91. The van der Waals surface area contributed by atoms with Crippen molar-refractivity contribution in [2.45, 2.75) is 6.04 Å². The topological polar surface area (TPSA) is 42.7 Å². The fourth-order valence-corrected chi connectivity index (χ4v) is 2.04. The Hall–Kier alpha value is -1.39. The van der Waals surface area contributed by atoms with Gasteiger partial charge >= 0.3 is 0 Å². The molecular formula is C11H13ClN4. The van der Waals surface area contributed by atoms with Crippen LogP contribution >= 0.6 is 11.6 Å². The van der Waals surface area contributed by atoms with Crippen LogP contribution in [-0.2, 0) is 7.05 Å². The monoisotopic (exact) mass is 236 g/mol. The van der Waals surface area contributed by atoms with E-state index in [1.165, 1.54) is 0 Å². The first-order valence-corrected chi connectivity index (χ1v) is 5.36. The summed E-state index contributed by atoms with van der Waals surface area (Å²) in [5, 5.41) is 8.03. The molecular weight excluding hydrogens is 224 g/mol. The Morgan fingerprint density at radius 1 is 1.38 bits per heavy atom. The van der Waals surface area contributed by atoms with Gasteiger partial charge in [-0.2, -0.15) is 5.10 Å². The molecule has 0 aliphatic rings. The lowest BCUT2D eigenvalue weighted by Gasteiger charge is -2.17. The van der Waals surface area contributed by atoms with Gasteiger partial charge in [0.15, 0.2) is 0 Å². The molecule has 0 bridgehead atoms. The second-order valence-electron chi connectivity index (χ2n) is 3.50. The van der Waals surface area contributed by atoms with Gasteiger partial charge in [0.05, 0.1) is 23.0 Å². The van der Waals surface area contributed by atoms with Crippen LogP contribution in [0.3, 0.4) is 0 Å². The summed E-state index contributed by atoms with van der Waals surface area (Å²) in [5.41, 5.74) is 2.07. The first-order valence-electron chi connectivity index (χ1n) is 4.98. The third-order valence-electron chi connectivity index (χ3n) is 2.54. The average molecular weight is 237 g/mol. The third kappa shape index (κ3) is 1.94. The van der Waals surface area contributed by atoms with Crippen molar-refractivity contribution in [3.8, 4) is 0 Å². The zero-order valence-corrected chi connectivity index (χ0v) is 9.94. The van der Waals surface area contributed by atoms with Crippen molar-refractivity contribution in [2.75, 3.05) is 7.05 Å². The molecule has 5 heteroatoms. The van der Waals surface area contributed by atoms with Gasteiger partial charge in [-0.05, 0) is 24.7 Å². The molecule has 84 valence electrons. The van der Waals surface area contributed by atoms with Gasteiger partial charge in [0.1, 0.15) is 0 Å². The van der Waals surface area contributed by atoms with Crippen LogP contribution in [0.4, 0.5) is 0 Å². The first-order chi connectivity index (χ1) is 7.74. The lowest BCUT2D eigenvalue weighted by molar-refractivity contribution is 0.606. The SMILES string of the molecule is CNC(c1ccncc1)c1c(Cl)cnn1C. The van der Waals surface area contributed by atoms with Crippen LogP contribution in [-0.4, -0.2) is 21.8 Å². The lowest BCUT2D eigenvalue weighted by atomic mass is 10.1. The summed E-state index contributed by atoms with van der Waals surface area (Å²) in [4.78, 5) is 4.01. The molecule has 16 heavy (non-hydrogen) atoms. The van der Waals surface area contributed by atoms with Gasteiger partial charge in [-0.3, -0.25) is 9.67 Å². The fraction of sp³-hybridized carbons (Fsp3) is 0.273. The molecule has 0 amide bonds. The summed E-state index contributed by atoms with van der Waals surface area (Å²) in [7, 11) is 3.78. The number of aromatic nitrogens is 3. The summed E-state index contributed by atoms with van der Waals surface area (Å²) < 4.78 is 1.78. The number of pyridine rings is 1. The number of nitrogens with one attached hydrogen (secondary N) is 1. The van der Waals surface area contributed by atoms with Crippen molar-refractivity contribution in [1.82, 2.24) is 20.1 Å². The summed E-state index contributed by atoms with van der Waals surface area (Å²) in [5.74, 6) is 0. The van der Waals surface area contributed by atoms with Crippen LogP contribution in [0.15, 0.2) is 30.7 Å². The highest BCUT2D eigenvalue weighted by Crippen LogP contribution is 2.26. The van der Waals surface area contributed by atoms with Crippen LogP contribution < -0.4 is 5.32 Å². The van der Waals surface area contributed by atoms with Gasteiger partial charge < -0.3 is 5.32 Å². The van der Waals surface area contributed by atoms with Gasteiger partial charge in [-0.1, -0.05) is 11.6 Å². The van der Waals surface area contributed by atoms with Crippen LogP contribution in [0.2, 0.25) is 5.02 Å². The van der Waals surface area contributed by atoms with E-state index in [4.69, 9.17) is 11.6 Å². The van der Waals surface area contributed by atoms with E-state index < -0.39 is 0 Å². The van der Waals surface area contributed by atoms with Crippen molar-refractivity contribution in [3.63, 3.8) is 0 Å². The zero-order chi connectivity index (χ0) is 11.5. The molecule has 0 spiro atoms. The molecule has 0 aromatic carbocycles. The number of hydrogen-bond acceptors (Lipinski definition) is 3. The van der Waals surface area contributed by atoms with E-state index in [2.05, 4.69) is 15.4 Å². The molecule has 0 aliphatic heterocycles. The smallest absolute Gasteiger partial charge is 0.0837 e. The predicted octanol–water partition coefficient (Wildman–Crippen LogP) is 1.78. The van der Waals surface area contributed by atoms with Gasteiger partial charge in [-0.15, -0.1) is 0 Å². The predicted molar refractivity (Wildman–Crippen MR) is 63.4 cm³/mol. The molecule has 2 rings (SSSR count). The van der Waals surface area contributed by atoms with Crippen LogP contribution in [0.1, 0.15) is 17.3 Å². The molecule has 0 fully saturated rings. The molecule has 4 nitrogen and oxygen atoms in total. The van der Waals surface area contributed by atoms with E-state index in [9.17, 15) is 0 Å². The quantitative estimate of drug-likeness (QED) is 0.884. The van der Waals surface area contributed by atoms with Crippen molar-refractivity contribution in [1.29, 1.82) is 0 Å². The number of rotatable bonds is 3. The van der Waals surface area contributed by atoms with E-state index in [-0.39, 0.29) is 6.04 Å². The van der Waals surface area contributed by atoms with Crippen LogP contribution in [0.5, 0.6) is 0 Å². The van der Waals surface area contributed by atoms with Crippen LogP contribution in [0, 0.1) is 0 Å². The Bertz CT molecular complexity index is 447. The maximum Gasteiger partial charge on any atom is 0.0837 e. The summed E-state index contributed by atoms with van der Waals surface area (Å²) in [6.07, 6.45) is 5.19. The first kappa shape index (κ1) is 11.1. The number of hydrogen-bond donors (Lipinski definition) is 1. The Morgan fingerprint density at radius 3 is 2.56 bits per heavy atom. The van der Waals surface area contributed by atoms with Crippen molar-refractivity contribution < 1.29 is 0 Å². The molecule has 1 atom stereocenters. The van der Waals surface area contributed by atoms with E-state index in [0.717, 1.165) is 11.3 Å². The highest BCUT2D eigenvalue weighted by atomic mass is 35.5. The molecule has 2 heterocycles. The minimum atomic E-state index is 0.0306. The highest BCUT2D eigenvalue weighted by molar-refractivity contribution is 6.31. The number of nitrogens with zero attached hydrogens (tertiary/aromatic N) is 3. The van der Waals surface area contributed by atoms with E-state index in [1.54, 1.807) is 23.3 Å². The van der Waals surface area contributed by atoms with Gasteiger partial charge in [-0.25, -0.2) is 0 Å². The van der Waals surface area contributed by atoms with Crippen LogP contribution in [0.25, 0.3) is 0 Å². The van der Waals surface area contributed by atoms with Gasteiger partial charge in [0.25, 0.3) is 0 Å². The summed E-state index contributed by atoms with van der Waals surface area (Å²) >= 11 is 6.13. The highest BCUT2D eigenvalue weighted by Gasteiger charge is 2.18. The van der Waals surface area contributed by atoms with Crippen molar-refractivity contribution in [2.24, 2.45) is 7.05 Å². The normalized spacial score (nSPS) is 12.7. The molecule has 0 saturated heterocycles. The second kappa shape index (κ2) is 4.63. The minimum absolute atomic E-state index is 0.0306. The molecule has 0 saturated carbocycles. The minimum Gasteiger partial charge on any atom is -0.308 e. The van der Waals surface area contributed by atoms with Crippen molar-refractivity contribution >= 4 is 11.6 Å². The number of halogens is 1. The summed E-state index contributed by atoms with van der Waals surface area (Å²) in [6.45, 7) is 0. The molecule has 0 aliphatic carbocycles.